The standard InChI is InChI=1S/C6H2AsBrF2O/c8-4-1-3(9)2-5(10)6(4)7-11/h1-2H. The number of hydrogen-bond acceptors (Lipinski definition) is 1. The third kappa shape index (κ3) is 1.94. The van der Waals surface area contributed by atoms with Gasteiger partial charge in [-0.2, -0.15) is 0 Å². The summed E-state index contributed by atoms with van der Waals surface area (Å²) in [5.74, 6) is -1.43. The maximum atomic E-state index is 12.7. The van der Waals surface area contributed by atoms with Crippen molar-refractivity contribution in [1.82, 2.24) is 0 Å². The van der Waals surface area contributed by atoms with Crippen LogP contribution in [0.25, 0.3) is 0 Å². The first kappa shape index (κ1) is 9.01. The second-order valence-corrected chi connectivity index (χ2v) is 3.99. The van der Waals surface area contributed by atoms with Crippen LogP contribution in [-0.2, 0) is 3.74 Å². The maximum absolute atomic E-state index is 12.7. The van der Waals surface area contributed by atoms with E-state index in [9.17, 15) is 12.5 Å². The number of benzene rings is 1. The topological polar surface area (TPSA) is 17.1 Å². The Kier molecular flexibility index (Phi) is 2.90. The van der Waals surface area contributed by atoms with E-state index in [1.807, 2.05) is 0 Å². The fraction of sp³-hybridized carbons (Fsp3) is 0. The Bertz CT molecular complexity index is 280. The van der Waals surface area contributed by atoms with Gasteiger partial charge in [0.25, 0.3) is 0 Å². The summed E-state index contributed by atoms with van der Waals surface area (Å²) in [7, 11) is 0. The average molecular weight is 283 g/mol. The molecular weight excluding hydrogens is 281 g/mol. The molecule has 0 radical (unpaired) electrons. The quantitative estimate of drug-likeness (QED) is 0.712. The summed E-state index contributed by atoms with van der Waals surface area (Å²) < 4.78 is 35.7. The van der Waals surface area contributed by atoms with E-state index in [-0.39, 0.29) is 8.82 Å². The summed E-state index contributed by atoms with van der Waals surface area (Å²) in [6, 6.07) is 1.81. The van der Waals surface area contributed by atoms with Crippen LogP contribution in [0.5, 0.6) is 0 Å². The van der Waals surface area contributed by atoms with E-state index >= 15 is 0 Å². The molecule has 0 saturated heterocycles. The molecule has 1 aromatic rings. The molecule has 0 spiro atoms. The Hall–Kier alpha value is -0.0816. The third-order valence-electron chi connectivity index (χ3n) is 1.07. The van der Waals surface area contributed by atoms with Gasteiger partial charge in [-0.15, -0.1) is 0 Å². The number of hydrogen-bond donors (Lipinski definition) is 0. The zero-order valence-electron chi connectivity index (χ0n) is 5.14. The third-order valence-corrected chi connectivity index (χ3v) is 3.70. The van der Waals surface area contributed by atoms with Crippen molar-refractivity contribution in [3.8, 4) is 0 Å². The van der Waals surface area contributed by atoms with Crippen LogP contribution in [0.15, 0.2) is 16.6 Å². The molecule has 0 aliphatic rings. The molecule has 11 heavy (non-hydrogen) atoms. The van der Waals surface area contributed by atoms with E-state index in [2.05, 4.69) is 15.9 Å². The van der Waals surface area contributed by atoms with Gasteiger partial charge in [-0.1, -0.05) is 0 Å². The molecule has 0 aromatic heterocycles. The minimum absolute atomic E-state index is 0.0580. The summed E-state index contributed by atoms with van der Waals surface area (Å²) in [6.45, 7) is 0. The number of halogens is 3. The van der Waals surface area contributed by atoms with Gasteiger partial charge in [-0.05, 0) is 0 Å². The van der Waals surface area contributed by atoms with Crippen molar-refractivity contribution < 1.29 is 12.5 Å². The normalized spacial score (nSPS) is 10.5. The zero-order valence-corrected chi connectivity index (χ0v) is 8.61. The van der Waals surface area contributed by atoms with Crippen LogP contribution in [-0.4, -0.2) is 15.7 Å². The predicted octanol–water partition coefficient (Wildman–Crippen LogP) is 1.40. The van der Waals surface area contributed by atoms with Gasteiger partial charge in [0, 0.05) is 0 Å². The van der Waals surface area contributed by atoms with Crippen molar-refractivity contribution >= 4 is 36.0 Å². The Morgan fingerprint density at radius 3 is 2.45 bits per heavy atom. The molecule has 0 amide bonds. The van der Waals surface area contributed by atoms with Crippen molar-refractivity contribution in [2.24, 2.45) is 0 Å². The predicted molar refractivity (Wildman–Crippen MR) is 40.1 cm³/mol. The molecule has 0 heterocycles. The molecule has 0 bridgehead atoms. The monoisotopic (exact) mass is 282 g/mol. The molecule has 0 aliphatic heterocycles. The van der Waals surface area contributed by atoms with Gasteiger partial charge in [-0.3, -0.25) is 0 Å². The Balaban J connectivity index is 3.36. The second kappa shape index (κ2) is 3.54. The van der Waals surface area contributed by atoms with Crippen LogP contribution in [0, 0.1) is 11.6 Å². The fourth-order valence-electron chi connectivity index (χ4n) is 0.622. The molecule has 0 N–H and O–H groups in total. The van der Waals surface area contributed by atoms with Gasteiger partial charge in [0.15, 0.2) is 0 Å². The van der Waals surface area contributed by atoms with Crippen LogP contribution in [0.1, 0.15) is 0 Å². The van der Waals surface area contributed by atoms with Gasteiger partial charge >= 0.3 is 76.7 Å². The average Bonchev–Trinajstić information content (AvgIpc) is 1.85. The van der Waals surface area contributed by atoms with Crippen molar-refractivity contribution in [3.05, 3.63) is 28.2 Å². The summed E-state index contributed by atoms with van der Waals surface area (Å²) >= 11 is 1.45. The van der Waals surface area contributed by atoms with E-state index < -0.39 is 27.3 Å². The van der Waals surface area contributed by atoms with Gasteiger partial charge in [0.2, 0.25) is 0 Å². The van der Waals surface area contributed by atoms with Crippen LogP contribution >= 0.6 is 15.9 Å². The Morgan fingerprint density at radius 2 is 2.00 bits per heavy atom. The van der Waals surface area contributed by atoms with Crippen LogP contribution < -0.4 is 4.35 Å². The van der Waals surface area contributed by atoms with Gasteiger partial charge in [0.1, 0.15) is 0 Å². The van der Waals surface area contributed by atoms with Crippen LogP contribution in [0.3, 0.4) is 0 Å². The molecule has 1 rings (SSSR count). The number of rotatable bonds is 1. The van der Waals surface area contributed by atoms with Crippen molar-refractivity contribution in [1.29, 1.82) is 0 Å². The van der Waals surface area contributed by atoms with Crippen LogP contribution in [0.2, 0.25) is 0 Å². The fourth-order valence-corrected chi connectivity index (χ4v) is 2.04. The molecule has 5 heteroatoms. The first-order valence-electron chi connectivity index (χ1n) is 2.63. The molecule has 58 valence electrons. The van der Waals surface area contributed by atoms with E-state index in [4.69, 9.17) is 0 Å². The Labute approximate surface area is 76.8 Å². The molecule has 0 fully saturated rings. The molecule has 1 nitrogen and oxygen atoms in total. The minimum atomic E-state index is -1.45. The summed E-state index contributed by atoms with van der Waals surface area (Å²) in [5.41, 5.74) is 0. The van der Waals surface area contributed by atoms with Gasteiger partial charge in [0.05, 0.1) is 0 Å². The molecule has 0 saturated carbocycles. The molecule has 0 atom stereocenters. The molecule has 0 unspecified atom stereocenters. The summed E-state index contributed by atoms with van der Waals surface area (Å²) in [5, 5.41) is 0. The van der Waals surface area contributed by atoms with E-state index in [1.54, 1.807) is 0 Å². The summed E-state index contributed by atoms with van der Waals surface area (Å²) in [6.07, 6.45) is 0. The SMILES string of the molecule is O=[As]c1c(F)cc(F)cc1Br. The summed E-state index contributed by atoms with van der Waals surface area (Å²) in [4.78, 5) is 0. The molecular formula is C6H2AsBrF2O. The first-order chi connectivity index (χ1) is 5.15. The first-order valence-corrected chi connectivity index (χ1v) is 5.13. The van der Waals surface area contributed by atoms with Crippen LogP contribution in [0.4, 0.5) is 8.78 Å². The van der Waals surface area contributed by atoms with Crippen molar-refractivity contribution in [2.45, 2.75) is 0 Å². The Morgan fingerprint density at radius 1 is 1.36 bits per heavy atom. The van der Waals surface area contributed by atoms with Gasteiger partial charge < -0.3 is 0 Å². The molecule has 0 aliphatic carbocycles. The zero-order chi connectivity index (χ0) is 8.43. The molecule has 1 aromatic carbocycles. The van der Waals surface area contributed by atoms with Crippen molar-refractivity contribution in [3.63, 3.8) is 0 Å². The van der Waals surface area contributed by atoms with E-state index in [1.165, 1.54) is 0 Å². The van der Waals surface area contributed by atoms with E-state index in [0.29, 0.717) is 6.07 Å². The van der Waals surface area contributed by atoms with E-state index in [0.717, 1.165) is 6.07 Å². The second-order valence-electron chi connectivity index (χ2n) is 1.81. The van der Waals surface area contributed by atoms with Crippen molar-refractivity contribution in [2.75, 3.05) is 0 Å². The van der Waals surface area contributed by atoms with Gasteiger partial charge in [-0.25, -0.2) is 0 Å².